The first-order valence-electron chi connectivity index (χ1n) is 4.77. The van der Waals surface area contributed by atoms with Crippen LogP contribution in [0.2, 0.25) is 0 Å². The van der Waals surface area contributed by atoms with Crippen molar-refractivity contribution in [3.63, 3.8) is 0 Å². The molecule has 0 aliphatic heterocycles. The van der Waals surface area contributed by atoms with E-state index in [-0.39, 0.29) is 0 Å². The van der Waals surface area contributed by atoms with Crippen LogP contribution in [0.5, 0.6) is 0 Å². The fourth-order valence-corrected chi connectivity index (χ4v) is 1.36. The van der Waals surface area contributed by atoms with Gasteiger partial charge in [0.25, 0.3) is 11.4 Å². The van der Waals surface area contributed by atoms with Gasteiger partial charge in [0, 0.05) is 29.2 Å². The van der Waals surface area contributed by atoms with E-state index in [1.807, 2.05) is 6.07 Å². The van der Waals surface area contributed by atoms with Gasteiger partial charge in [0.15, 0.2) is 0 Å². The lowest BCUT2D eigenvalue weighted by atomic mass is 10.2. The van der Waals surface area contributed by atoms with Gasteiger partial charge in [-0.3, -0.25) is 0 Å². The zero-order chi connectivity index (χ0) is 11.4. The summed E-state index contributed by atoms with van der Waals surface area (Å²) in [5, 5.41) is 2.77. The molecule has 0 radical (unpaired) electrons. The highest BCUT2D eigenvalue weighted by molar-refractivity contribution is 5.54. The second-order valence-electron chi connectivity index (χ2n) is 3.24. The van der Waals surface area contributed by atoms with Gasteiger partial charge in [-0.15, -0.1) is 4.91 Å². The molecule has 2 aromatic rings. The Morgan fingerprint density at radius 1 is 0.812 bits per heavy atom. The van der Waals surface area contributed by atoms with E-state index in [0.29, 0.717) is 17.1 Å². The van der Waals surface area contributed by atoms with Gasteiger partial charge in [-0.1, -0.05) is 18.2 Å². The van der Waals surface area contributed by atoms with Gasteiger partial charge in [-0.05, 0) is 17.3 Å². The molecule has 4 nitrogen and oxygen atoms in total. The van der Waals surface area contributed by atoms with E-state index in [1.165, 1.54) is 12.1 Å². The third-order valence-electron chi connectivity index (χ3n) is 2.18. The first-order valence-corrected chi connectivity index (χ1v) is 4.77. The fraction of sp³-hybridized carbons (Fsp3) is 0. The van der Waals surface area contributed by atoms with Gasteiger partial charge in [0.1, 0.15) is 5.69 Å². The van der Waals surface area contributed by atoms with Crippen molar-refractivity contribution in [2.75, 3.05) is 0 Å². The molecule has 0 saturated carbocycles. The zero-order valence-electron chi connectivity index (χ0n) is 8.41. The second kappa shape index (κ2) is 4.44. The highest BCUT2D eigenvalue weighted by atomic mass is 16.3. The predicted molar refractivity (Wildman–Crippen MR) is 63.2 cm³/mol. The van der Waals surface area contributed by atoms with Crippen LogP contribution in [0.3, 0.4) is 0 Å². The molecule has 78 valence electrons. The number of benzene rings is 2. The van der Waals surface area contributed by atoms with Crippen molar-refractivity contribution in [3.05, 3.63) is 64.4 Å². The van der Waals surface area contributed by atoms with Crippen molar-refractivity contribution in [2.45, 2.75) is 0 Å². The van der Waals surface area contributed by atoms with E-state index in [9.17, 15) is 9.81 Å². The molecule has 0 saturated heterocycles. The lowest BCUT2D eigenvalue weighted by Crippen LogP contribution is -1.96. The summed E-state index contributed by atoms with van der Waals surface area (Å²) in [6.45, 7) is 0. The van der Waals surface area contributed by atoms with Gasteiger partial charge in [0.2, 0.25) is 0 Å². The Kier molecular flexibility index (Phi) is 2.82. The summed E-state index contributed by atoms with van der Waals surface area (Å²) in [5.41, 5.74) is 1.33. The summed E-state index contributed by atoms with van der Waals surface area (Å²) >= 11 is 0. The standard InChI is InChI=1S/C12H9N2O2/c15-13-10-6-8-12(9-7-10)14(16)11-4-2-1-3-5-11/h1-9H/q+1. The minimum absolute atomic E-state index is 0.310. The van der Waals surface area contributed by atoms with E-state index < -0.39 is 0 Å². The van der Waals surface area contributed by atoms with Crippen LogP contribution < -0.4 is 4.76 Å². The molecule has 0 N–H and O–H groups in total. The highest BCUT2D eigenvalue weighted by Gasteiger charge is 2.16. The molecule has 2 rings (SSSR count). The summed E-state index contributed by atoms with van der Waals surface area (Å²) in [7, 11) is 0. The zero-order valence-corrected chi connectivity index (χ0v) is 8.41. The van der Waals surface area contributed by atoms with Gasteiger partial charge in [0.05, 0.1) is 4.76 Å². The van der Waals surface area contributed by atoms with Gasteiger partial charge < -0.3 is 0 Å². The molecule has 0 heterocycles. The van der Waals surface area contributed by atoms with Crippen LogP contribution >= 0.6 is 0 Å². The molecule has 0 bridgehead atoms. The number of nitroso groups, excluding NO2 is 2. The van der Waals surface area contributed by atoms with Crippen molar-refractivity contribution >= 4 is 17.1 Å². The summed E-state index contributed by atoms with van der Waals surface area (Å²) in [6.07, 6.45) is 0. The Morgan fingerprint density at radius 3 is 1.94 bits per heavy atom. The summed E-state index contributed by atoms with van der Waals surface area (Å²) in [4.78, 5) is 22.1. The van der Waals surface area contributed by atoms with Crippen LogP contribution in [0.15, 0.2) is 59.8 Å². The molecule has 4 heteroatoms. The van der Waals surface area contributed by atoms with E-state index in [1.54, 1.807) is 36.4 Å². The molecular weight excluding hydrogens is 204 g/mol. The molecule has 0 aliphatic carbocycles. The quantitative estimate of drug-likeness (QED) is 0.576. The summed E-state index contributed by atoms with van der Waals surface area (Å²) in [6, 6.07) is 15.0. The lowest BCUT2D eigenvalue weighted by molar-refractivity contribution is 1.05. The van der Waals surface area contributed by atoms with Crippen molar-refractivity contribution in [3.8, 4) is 0 Å². The van der Waals surface area contributed by atoms with E-state index in [2.05, 4.69) is 5.18 Å². The van der Waals surface area contributed by atoms with Crippen LogP contribution in [0.4, 0.5) is 17.1 Å². The van der Waals surface area contributed by atoms with Crippen LogP contribution in [-0.2, 0) is 0 Å². The Labute approximate surface area is 92.1 Å². The van der Waals surface area contributed by atoms with E-state index in [0.717, 1.165) is 4.76 Å². The van der Waals surface area contributed by atoms with Crippen LogP contribution in [0, 0.1) is 9.81 Å². The molecule has 2 aromatic carbocycles. The molecule has 0 spiro atoms. The third kappa shape index (κ3) is 2.00. The van der Waals surface area contributed by atoms with Gasteiger partial charge >= 0.3 is 0 Å². The van der Waals surface area contributed by atoms with Crippen molar-refractivity contribution in [2.24, 2.45) is 5.18 Å². The normalized spacial score (nSPS) is 9.75. The van der Waals surface area contributed by atoms with Crippen LogP contribution in [0.1, 0.15) is 0 Å². The Balaban J connectivity index is 2.31. The lowest BCUT2D eigenvalue weighted by Gasteiger charge is -1.92. The maximum absolute atomic E-state index is 11.9. The number of hydrogen-bond acceptors (Lipinski definition) is 3. The first-order chi connectivity index (χ1) is 7.81. The highest BCUT2D eigenvalue weighted by Crippen LogP contribution is 2.22. The van der Waals surface area contributed by atoms with Crippen molar-refractivity contribution in [1.82, 2.24) is 4.76 Å². The topological polar surface area (TPSA) is 49.5 Å². The average molecular weight is 213 g/mol. The monoisotopic (exact) mass is 213 g/mol. The maximum Gasteiger partial charge on any atom is 0.263 e. The smallest absolute Gasteiger partial charge is 0.145 e. The molecule has 0 aromatic heterocycles. The molecule has 0 amide bonds. The van der Waals surface area contributed by atoms with E-state index in [4.69, 9.17) is 0 Å². The fourth-order valence-electron chi connectivity index (χ4n) is 1.36. The molecule has 16 heavy (non-hydrogen) atoms. The predicted octanol–water partition coefficient (Wildman–Crippen LogP) is 3.69. The number of rotatable bonds is 3. The van der Waals surface area contributed by atoms with Gasteiger partial charge in [-0.2, -0.15) is 0 Å². The first kappa shape index (κ1) is 10.2. The maximum atomic E-state index is 11.9. The van der Waals surface area contributed by atoms with Gasteiger partial charge in [-0.25, -0.2) is 0 Å². The Hall–Kier alpha value is -2.36. The third-order valence-corrected chi connectivity index (χ3v) is 2.18. The van der Waals surface area contributed by atoms with E-state index >= 15 is 0 Å². The summed E-state index contributed by atoms with van der Waals surface area (Å²) < 4.78 is 0.800. The largest absolute Gasteiger partial charge is 0.263 e. The SMILES string of the molecule is O=Nc1ccc([N+](=O)c2ccccc2)cc1. The number of nitrogens with zero attached hydrogens (tertiary/aromatic N) is 2. The minimum atomic E-state index is 0.310. The molecule has 0 fully saturated rings. The van der Waals surface area contributed by atoms with Crippen LogP contribution in [-0.4, -0.2) is 0 Å². The van der Waals surface area contributed by atoms with Crippen LogP contribution in [0.25, 0.3) is 0 Å². The number of hydrogen-bond donors (Lipinski definition) is 0. The number of para-hydroxylation sites is 1. The molecule has 0 aliphatic rings. The second-order valence-corrected chi connectivity index (χ2v) is 3.24. The summed E-state index contributed by atoms with van der Waals surface area (Å²) in [5.74, 6) is 0. The molecule has 0 unspecified atom stereocenters. The average Bonchev–Trinajstić information content (AvgIpc) is 2.39. The molecular formula is C12H9N2O2+. The minimum Gasteiger partial charge on any atom is -0.145 e. The Bertz CT molecular complexity index is 506. The molecule has 0 atom stereocenters. The van der Waals surface area contributed by atoms with Crippen molar-refractivity contribution in [1.29, 1.82) is 0 Å². The Morgan fingerprint density at radius 2 is 1.38 bits per heavy atom. The van der Waals surface area contributed by atoms with Crippen molar-refractivity contribution < 1.29 is 0 Å².